The Hall–Kier alpha value is -1.85. The molecule has 0 aromatic rings. The van der Waals surface area contributed by atoms with Gasteiger partial charge in [0.2, 0.25) is 0 Å². The van der Waals surface area contributed by atoms with Gasteiger partial charge in [-0.3, -0.25) is 9.59 Å². The number of esters is 2. The summed E-state index contributed by atoms with van der Waals surface area (Å²) in [5, 5.41) is 9.09. The second kappa shape index (κ2) is 5.64. The Balaban J connectivity index is 2.24. The molecule has 0 radical (unpaired) electrons. The Morgan fingerprint density at radius 3 is 2.75 bits per heavy atom. The van der Waals surface area contributed by atoms with E-state index >= 15 is 0 Å². The summed E-state index contributed by atoms with van der Waals surface area (Å²) < 4.78 is 9.99. The van der Waals surface area contributed by atoms with Gasteiger partial charge in [-0.15, -0.1) is 0 Å². The van der Waals surface area contributed by atoms with E-state index in [0.29, 0.717) is 19.3 Å². The number of methoxy groups -OCH3 is 1. The third-order valence-corrected chi connectivity index (χ3v) is 4.22. The van der Waals surface area contributed by atoms with Crippen LogP contribution in [0.4, 0.5) is 0 Å². The molecule has 4 unspecified atom stereocenters. The van der Waals surface area contributed by atoms with Crippen molar-refractivity contribution in [1.29, 1.82) is 0 Å². The van der Waals surface area contributed by atoms with Crippen LogP contribution < -0.4 is 0 Å². The minimum atomic E-state index is -1.23. The third kappa shape index (κ3) is 2.69. The molecular formula is C14H18O6. The first kappa shape index (κ1) is 14.6. The fourth-order valence-electron chi connectivity index (χ4n) is 3.23. The van der Waals surface area contributed by atoms with E-state index in [2.05, 4.69) is 6.58 Å². The molecule has 110 valence electrons. The fourth-order valence-corrected chi connectivity index (χ4v) is 3.23. The van der Waals surface area contributed by atoms with Crippen LogP contribution in [0.1, 0.15) is 25.7 Å². The van der Waals surface area contributed by atoms with Crippen LogP contribution in [-0.2, 0) is 23.9 Å². The van der Waals surface area contributed by atoms with Crippen molar-refractivity contribution >= 4 is 17.9 Å². The highest BCUT2D eigenvalue weighted by Gasteiger charge is 2.46. The summed E-state index contributed by atoms with van der Waals surface area (Å²) in [6, 6.07) is 0. The largest absolute Gasteiger partial charge is 0.478 e. The number of carbonyl (C=O) groups is 3. The third-order valence-electron chi connectivity index (χ3n) is 4.22. The second-order valence-corrected chi connectivity index (χ2v) is 5.41. The molecule has 0 aromatic heterocycles. The van der Waals surface area contributed by atoms with E-state index in [-0.39, 0.29) is 23.4 Å². The quantitative estimate of drug-likeness (QED) is 0.614. The summed E-state index contributed by atoms with van der Waals surface area (Å²) in [5.74, 6) is -3.21. The van der Waals surface area contributed by atoms with E-state index in [1.165, 1.54) is 7.11 Å². The van der Waals surface area contributed by atoms with Gasteiger partial charge in [0, 0.05) is 17.9 Å². The monoisotopic (exact) mass is 282 g/mol. The van der Waals surface area contributed by atoms with Gasteiger partial charge in [0.05, 0.1) is 13.0 Å². The first-order valence-corrected chi connectivity index (χ1v) is 6.63. The lowest BCUT2D eigenvalue weighted by atomic mass is 9.70. The van der Waals surface area contributed by atoms with Crippen molar-refractivity contribution < 1.29 is 29.0 Å². The summed E-state index contributed by atoms with van der Waals surface area (Å²) in [4.78, 5) is 34.5. The van der Waals surface area contributed by atoms with Crippen LogP contribution in [0.5, 0.6) is 0 Å². The predicted octanol–water partition coefficient (Wildman–Crippen LogP) is 1.15. The fraction of sp³-hybridized carbons (Fsp3) is 0.643. The number of carboxylic acid groups (broad SMARTS) is 1. The number of rotatable bonds is 4. The number of carboxylic acids is 1. The van der Waals surface area contributed by atoms with Gasteiger partial charge >= 0.3 is 17.9 Å². The van der Waals surface area contributed by atoms with E-state index in [0.717, 1.165) is 6.42 Å². The molecule has 6 heteroatoms. The predicted molar refractivity (Wildman–Crippen MR) is 67.6 cm³/mol. The highest BCUT2D eigenvalue weighted by Crippen LogP contribution is 2.42. The van der Waals surface area contributed by atoms with Gasteiger partial charge in [0.1, 0.15) is 6.10 Å². The van der Waals surface area contributed by atoms with Crippen LogP contribution in [0.25, 0.3) is 0 Å². The zero-order valence-electron chi connectivity index (χ0n) is 11.3. The van der Waals surface area contributed by atoms with Gasteiger partial charge in [-0.2, -0.15) is 0 Å². The van der Waals surface area contributed by atoms with Crippen LogP contribution in [0, 0.1) is 17.8 Å². The van der Waals surface area contributed by atoms with E-state index in [4.69, 9.17) is 14.6 Å². The first-order chi connectivity index (χ1) is 9.43. The molecule has 1 saturated carbocycles. The van der Waals surface area contributed by atoms with Gasteiger partial charge < -0.3 is 14.6 Å². The topological polar surface area (TPSA) is 89.9 Å². The molecule has 2 rings (SSSR count). The normalized spacial score (nSPS) is 30.1. The van der Waals surface area contributed by atoms with Crippen LogP contribution >= 0.6 is 0 Å². The minimum Gasteiger partial charge on any atom is -0.478 e. The van der Waals surface area contributed by atoms with Crippen LogP contribution in [0.3, 0.4) is 0 Å². The molecule has 1 N–H and O–H groups in total. The Kier molecular flexibility index (Phi) is 4.11. The van der Waals surface area contributed by atoms with Crippen molar-refractivity contribution in [3.63, 3.8) is 0 Å². The molecule has 20 heavy (non-hydrogen) atoms. The maximum Gasteiger partial charge on any atom is 0.331 e. The maximum absolute atomic E-state index is 11.9. The van der Waals surface area contributed by atoms with Crippen molar-refractivity contribution in [2.24, 2.45) is 17.8 Å². The SMILES string of the molecule is C=C(C(=O)O)C(C(=O)OC)C1CCC2CC(=O)OC1C2. The molecular weight excluding hydrogens is 264 g/mol. The molecule has 1 heterocycles. The number of hydrogen-bond acceptors (Lipinski definition) is 5. The second-order valence-electron chi connectivity index (χ2n) is 5.41. The summed E-state index contributed by atoms with van der Waals surface area (Å²) in [6.07, 6.45) is 2.09. The van der Waals surface area contributed by atoms with Gasteiger partial charge in [0.25, 0.3) is 0 Å². The van der Waals surface area contributed by atoms with Gasteiger partial charge in [-0.25, -0.2) is 4.79 Å². The molecule has 0 spiro atoms. The Morgan fingerprint density at radius 2 is 2.15 bits per heavy atom. The van der Waals surface area contributed by atoms with Gasteiger partial charge in [0.15, 0.2) is 0 Å². The molecule has 2 bridgehead atoms. The lowest BCUT2D eigenvalue weighted by Gasteiger charge is -2.41. The molecule has 6 nitrogen and oxygen atoms in total. The average Bonchev–Trinajstić information content (AvgIpc) is 2.40. The standard InChI is InChI=1S/C14H18O6/c1-7(13(16)17)12(14(18)19-2)9-4-3-8-5-10(9)20-11(15)6-8/h8-10,12H,1,3-6H2,2H3,(H,16,17). The summed E-state index contributed by atoms with van der Waals surface area (Å²) in [6.45, 7) is 3.48. The van der Waals surface area contributed by atoms with Crippen LogP contribution in [-0.4, -0.2) is 36.2 Å². The zero-order valence-corrected chi connectivity index (χ0v) is 11.3. The van der Waals surface area contributed by atoms with Crippen molar-refractivity contribution in [2.75, 3.05) is 7.11 Å². The Morgan fingerprint density at radius 1 is 1.45 bits per heavy atom. The summed E-state index contributed by atoms with van der Waals surface area (Å²) in [5.41, 5.74) is -0.207. The average molecular weight is 282 g/mol. The Bertz CT molecular complexity index is 455. The van der Waals surface area contributed by atoms with Crippen molar-refractivity contribution in [2.45, 2.75) is 31.8 Å². The molecule has 0 amide bonds. The summed E-state index contributed by atoms with van der Waals surface area (Å²) in [7, 11) is 1.21. The van der Waals surface area contributed by atoms with Crippen LogP contribution in [0.15, 0.2) is 12.2 Å². The van der Waals surface area contributed by atoms with Crippen molar-refractivity contribution in [3.8, 4) is 0 Å². The number of carbonyl (C=O) groups excluding carboxylic acids is 2. The zero-order chi connectivity index (χ0) is 14.9. The van der Waals surface area contributed by atoms with E-state index in [9.17, 15) is 14.4 Å². The molecule has 1 aliphatic carbocycles. The highest BCUT2D eigenvalue weighted by molar-refractivity contribution is 5.94. The van der Waals surface area contributed by atoms with Gasteiger partial charge in [-0.05, 0) is 25.2 Å². The molecule has 2 aliphatic rings. The minimum absolute atomic E-state index is 0.207. The van der Waals surface area contributed by atoms with E-state index < -0.39 is 24.0 Å². The molecule has 1 saturated heterocycles. The molecule has 2 fully saturated rings. The maximum atomic E-state index is 11.9. The number of aliphatic carboxylic acids is 1. The van der Waals surface area contributed by atoms with E-state index in [1.807, 2.05) is 0 Å². The van der Waals surface area contributed by atoms with Crippen LogP contribution in [0.2, 0.25) is 0 Å². The highest BCUT2D eigenvalue weighted by atomic mass is 16.5. The summed E-state index contributed by atoms with van der Waals surface area (Å²) >= 11 is 0. The lowest BCUT2D eigenvalue weighted by molar-refractivity contribution is -0.171. The molecule has 0 aromatic carbocycles. The lowest BCUT2D eigenvalue weighted by Crippen LogP contribution is -2.45. The number of hydrogen-bond donors (Lipinski definition) is 1. The first-order valence-electron chi connectivity index (χ1n) is 6.63. The number of fused-ring (bicyclic) bond motifs is 2. The smallest absolute Gasteiger partial charge is 0.331 e. The Labute approximate surface area is 116 Å². The van der Waals surface area contributed by atoms with E-state index in [1.54, 1.807) is 0 Å². The van der Waals surface area contributed by atoms with Crippen molar-refractivity contribution in [1.82, 2.24) is 0 Å². The molecule has 4 atom stereocenters. The van der Waals surface area contributed by atoms with Gasteiger partial charge in [-0.1, -0.05) is 6.58 Å². The number of ether oxygens (including phenoxy) is 2. The van der Waals surface area contributed by atoms with Crippen molar-refractivity contribution in [3.05, 3.63) is 12.2 Å². The molecule has 1 aliphatic heterocycles.